The maximum atomic E-state index is 11.7. The van der Waals surface area contributed by atoms with Crippen LogP contribution in [0.15, 0.2) is 28.7 Å². The fourth-order valence-electron chi connectivity index (χ4n) is 2.01. The second-order valence-electron chi connectivity index (χ2n) is 4.75. The number of hydrogen-bond donors (Lipinski definition) is 1. The van der Waals surface area contributed by atoms with Crippen LogP contribution in [0.3, 0.4) is 0 Å². The molecule has 1 saturated heterocycles. The number of carbonyl (C=O) groups excluding carboxylic acids is 2. The van der Waals surface area contributed by atoms with Crippen molar-refractivity contribution in [3.63, 3.8) is 0 Å². The van der Waals surface area contributed by atoms with Crippen LogP contribution in [0, 0.1) is 0 Å². The summed E-state index contributed by atoms with van der Waals surface area (Å²) in [4.78, 5) is 23.3. The van der Waals surface area contributed by atoms with E-state index in [0.717, 1.165) is 4.47 Å². The Hall–Kier alpha value is -1.41. The summed E-state index contributed by atoms with van der Waals surface area (Å²) in [5, 5.41) is 2.55. The van der Waals surface area contributed by atoms with Crippen molar-refractivity contribution >= 4 is 37.6 Å². The van der Waals surface area contributed by atoms with Crippen LogP contribution in [0.1, 0.15) is 16.8 Å². The molecule has 0 unspecified atom stereocenters. The minimum Gasteiger partial charge on any atom is -0.452 e. The van der Waals surface area contributed by atoms with Gasteiger partial charge in [-0.25, -0.2) is 13.2 Å². The molecular weight excluding hydrogens is 362 g/mol. The number of sulfone groups is 1. The minimum atomic E-state index is -3.05. The molecule has 1 aromatic rings. The summed E-state index contributed by atoms with van der Waals surface area (Å²) >= 11 is 3.24. The number of nitrogens with one attached hydrogen (secondary N) is 1. The second-order valence-corrected chi connectivity index (χ2v) is 7.90. The van der Waals surface area contributed by atoms with Crippen LogP contribution < -0.4 is 5.32 Å². The molecule has 1 aromatic carbocycles. The highest BCUT2D eigenvalue weighted by atomic mass is 79.9. The highest BCUT2D eigenvalue weighted by molar-refractivity contribution is 9.10. The van der Waals surface area contributed by atoms with Gasteiger partial charge >= 0.3 is 5.97 Å². The highest BCUT2D eigenvalue weighted by Crippen LogP contribution is 2.13. The average molecular weight is 376 g/mol. The summed E-state index contributed by atoms with van der Waals surface area (Å²) in [6, 6.07) is 6.22. The first kappa shape index (κ1) is 16.0. The Kier molecular flexibility index (Phi) is 5.00. The normalized spacial score (nSPS) is 20.0. The molecule has 0 aliphatic carbocycles. The lowest BCUT2D eigenvalue weighted by molar-refractivity contribution is -0.124. The van der Waals surface area contributed by atoms with Gasteiger partial charge < -0.3 is 10.1 Å². The van der Waals surface area contributed by atoms with Crippen LogP contribution in [0.5, 0.6) is 0 Å². The first-order valence-electron chi connectivity index (χ1n) is 6.28. The lowest BCUT2D eigenvalue weighted by Gasteiger charge is -2.11. The monoisotopic (exact) mass is 375 g/mol. The summed E-state index contributed by atoms with van der Waals surface area (Å²) in [6.45, 7) is -0.429. The first-order chi connectivity index (χ1) is 9.85. The number of halogens is 1. The van der Waals surface area contributed by atoms with Gasteiger partial charge in [0.1, 0.15) is 0 Å². The largest absolute Gasteiger partial charge is 0.452 e. The highest BCUT2D eigenvalue weighted by Gasteiger charge is 2.29. The molecule has 1 aliphatic heterocycles. The fraction of sp³-hybridized carbons (Fsp3) is 0.385. The van der Waals surface area contributed by atoms with E-state index in [1.165, 1.54) is 0 Å². The maximum Gasteiger partial charge on any atom is 0.338 e. The summed E-state index contributed by atoms with van der Waals surface area (Å²) < 4.78 is 28.1. The second kappa shape index (κ2) is 6.57. The van der Waals surface area contributed by atoms with E-state index in [9.17, 15) is 18.0 Å². The van der Waals surface area contributed by atoms with E-state index < -0.39 is 34.4 Å². The lowest BCUT2D eigenvalue weighted by atomic mass is 10.2. The third-order valence-corrected chi connectivity index (χ3v) is 5.25. The Morgan fingerprint density at radius 3 is 2.76 bits per heavy atom. The number of benzene rings is 1. The molecule has 1 heterocycles. The van der Waals surface area contributed by atoms with Gasteiger partial charge in [-0.1, -0.05) is 22.0 Å². The van der Waals surface area contributed by atoms with Crippen molar-refractivity contribution in [2.45, 2.75) is 12.5 Å². The van der Waals surface area contributed by atoms with Gasteiger partial charge in [-0.2, -0.15) is 0 Å². The van der Waals surface area contributed by atoms with Crippen molar-refractivity contribution in [1.82, 2.24) is 5.32 Å². The number of carbonyl (C=O) groups is 2. The van der Waals surface area contributed by atoms with Gasteiger partial charge in [0.05, 0.1) is 17.1 Å². The predicted octanol–water partition coefficient (Wildman–Crippen LogP) is 0.909. The SMILES string of the molecule is O=C(COC(=O)c1cccc(Br)c1)N[C@H]1CCS(=O)(=O)C1. The van der Waals surface area contributed by atoms with Crippen molar-refractivity contribution in [1.29, 1.82) is 0 Å². The van der Waals surface area contributed by atoms with Crippen LogP contribution in [0.2, 0.25) is 0 Å². The Morgan fingerprint density at radius 2 is 2.14 bits per heavy atom. The van der Waals surface area contributed by atoms with Crippen LogP contribution in [0.25, 0.3) is 0 Å². The van der Waals surface area contributed by atoms with E-state index in [0.29, 0.717) is 12.0 Å². The Labute approximate surface area is 130 Å². The third kappa shape index (κ3) is 4.82. The molecule has 0 spiro atoms. The standard InChI is InChI=1S/C13H14BrNO5S/c14-10-3-1-2-9(6-10)13(17)20-7-12(16)15-11-4-5-21(18,19)8-11/h1-3,6,11H,4-5,7-8H2,(H,15,16)/t11-/m0/s1. The zero-order valence-electron chi connectivity index (χ0n) is 11.0. The molecule has 21 heavy (non-hydrogen) atoms. The molecule has 0 saturated carbocycles. The fourth-order valence-corrected chi connectivity index (χ4v) is 4.08. The maximum absolute atomic E-state index is 11.7. The number of esters is 1. The molecule has 1 amide bonds. The van der Waals surface area contributed by atoms with E-state index in [1.807, 2.05) is 0 Å². The number of amides is 1. The molecule has 1 aliphatic rings. The summed E-state index contributed by atoms with van der Waals surface area (Å²) in [5.41, 5.74) is 0.334. The van der Waals surface area contributed by atoms with E-state index in [2.05, 4.69) is 21.2 Å². The van der Waals surface area contributed by atoms with Crippen LogP contribution in [-0.4, -0.2) is 44.4 Å². The van der Waals surface area contributed by atoms with Gasteiger partial charge in [-0.15, -0.1) is 0 Å². The van der Waals surface area contributed by atoms with E-state index >= 15 is 0 Å². The summed E-state index contributed by atoms with van der Waals surface area (Å²) in [6.07, 6.45) is 0.396. The Morgan fingerprint density at radius 1 is 1.38 bits per heavy atom. The summed E-state index contributed by atoms with van der Waals surface area (Å²) in [5.74, 6) is -1.08. The van der Waals surface area contributed by atoms with Gasteiger partial charge in [0.2, 0.25) is 0 Å². The Balaban J connectivity index is 1.80. The predicted molar refractivity (Wildman–Crippen MR) is 79.6 cm³/mol. The average Bonchev–Trinajstić information content (AvgIpc) is 2.75. The molecule has 0 aromatic heterocycles. The van der Waals surface area contributed by atoms with Gasteiger partial charge in [0.15, 0.2) is 16.4 Å². The number of rotatable bonds is 4. The van der Waals surface area contributed by atoms with Gasteiger partial charge in [0, 0.05) is 10.5 Å². The topological polar surface area (TPSA) is 89.5 Å². The lowest BCUT2D eigenvalue weighted by Crippen LogP contribution is -2.38. The van der Waals surface area contributed by atoms with E-state index in [4.69, 9.17) is 4.74 Å². The molecule has 2 rings (SSSR count). The van der Waals surface area contributed by atoms with E-state index in [1.54, 1.807) is 24.3 Å². The van der Waals surface area contributed by atoms with Crippen LogP contribution in [-0.2, 0) is 19.4 Å². The van der Waals surface area contributed by atoms with Gasteiger partial charge in [0.25, 0.3) is 5.91 Å². The van der Waals surface area contributed by atoms with Crippen molar-refractivity contribution in [3.8, 4) is 0 Å². The zero-order valence-corrected chi connectivity index (χ0v) is 13.4. The molecule has 6 nitrogen and oxygen atoms in total. The molecule has 1 fully saturated rings. The van der Waals surface area contributed by atoms with Crippen molar-refractivity contribution in [2.24, 2.45) is 0 Å². The van der Waals surface area contributed by atoms with Crippen LogP contribution in [0.4, 0.5) is 0 Å². The van der Waals surface area contributed by atoms with Gasteiger partial charge in [-0.3, -0.25) is 4.79 Å². The van der Waals surface area contributed by atoms with Crippen molar-refractivity contribution < 1.29 is 22.7 Å². The minimum absolute atomic E-state index is 0.0572. The quantitative estimate of drug-likeness (QED) is 0.789. The first-order valence-corrected chi connectivity index (χ1v) is 8.90. The summed E-state index contributed by atoms with van der Waals surface area (Å²) in [7, 11) is -3.05. The van der Waals surface area contributed by atoms with Crippen molar-refractivity contribution in [2.75, 3.05) is 18.1 Å². The third-order valence-electron chi connectivity index (χ3n) is 2.99. The molecule has 0 bridgehead atoms. The van der Waals surface area contributed by atoms with E-state index in [-0.39, 0.29) is 11.5 Å². The molecule has 8 heteroatoms. The molecule has 1 N–H and O–H groups in total. The molecule has 0 radical (unpaired) electrons. The zero-order chi connectivity index (χ0) is 15.5. The number of hydrogen-bond acceptors (Lipinski definition) is 5. The van der Waals surface area contributed by atoms with Crippen molar-refractivity contribution in [3.05, 3.63) is 34.3 Å². The molecular formula is C13H14BrNO5S. The smallest absolute Gasteiger partial charge is 0.338 e. The molecule has 1 atom stereocenters. The van der Waals surface area contributed by atoms with Crippen LogP contribution >= 0.6 is 15.9 Å². The number of ether oxygens (including phenoxy) is 1. The van der Waals surface area contributed by atoms with Gasteiger partial charge in [-0.05, 0) is 24.6 Å². The Bertz CT molecular complexity index is 658. The molecule has 114 valence electrons.